The van der Waals surface area contributed by atoms with Gasteiger partial charge in [-0.1, -0.05) is 147 Å². The largest absolute Gasteiger partial charge is 0.309 e. The van der Waals surface area contributed by atoms with E-state index in [1.807, 2.05) is 0 Å². The summed E-state index contributed by atoms with van der Waals surface area (Å²) >= 11 is 0. The normalized spacial score (nSPS) is 13.3. The first-order valence-corrected chi connectivity index (χ1v) is 18.3. The maximum Gasteiger partial charge on any atom is 0.0544 e. The molecule has 0 radical (unpaired) electrons. The van der Waals surface area contributed by atoms with Crippen LogP contribution in [0.15, 0.2) is 176 Å². The second-order valence-electron chi connectivity index (χ2n) is 14.9. The molecule has 1 nitrogen and oxygen atoms in total. The molecule has 0 saturated heterocycles. The molecule has 1 heterocycles. The molecule has 244 valence electrons. The second kappa shape index (κ2) is 10.8. The van der Waals surface area contributed by atoms with Gasteiger partial charge in [0.05, 0.1) is 11.0 Å². The molecule has 11 rings (SSSR count). The number of benzene rings is 9. The average Bonchev–Trinajstić information content (AvgIpc) is 3.64. The predicted molar refractivity (Wildman–Crippen MR) is 222 cm³/mol. The number of nitrogens with zero attached hydrogens (tertiary/aromatic N) is 1. The van der Waals surface area contributed by atoms with Crippen molar-refractivity contribution in [3.8, 4) is 39.1 Å². The summed E-state index contributed by atoms with van der Waals surface area (Å²) in [6.45, 7) is 4.74. The van der Waals surface area contributed by atoms with Crippen LogP contribution in [-0.2, 0) is 5.41 Å². The first-order valence-electron chi connectivity index (χ1n) is 18.3. The van der Waals surface area contributed by atoms with Crippen LogP contribution >= 0.6 is 0 Å². The first-order chi connectivity index (χ1) is 25.5. The average molecular weight is 662 g/mol. The molecule has 1 aromatic heterocycles. The van der Waals surface area contributed by atoms with E-state index in [1.54, 1.807) is 0 Å². The Bertz CT molecular complexity index is 3050. The Balaban J connectivity index is 1.18. The molecule has 0 aliphatic heterocycles. The zero-order valence-electron chi connectivity index (χ0n) is 29.2. The number of hydrogen-bond donors (Lipinski definition) is 0. The third-order valence-electron chi connectivity index (χ3n) is 11.8. The van der Waals surface area contributed by atoms with Crippen molar-refractivity contribution in [1.82, 2.24) is 4.57 Å². The topological polar surface area (TPSA) is 4.93 Å². The van der Waals surface area contributed by atoms with Gasteiger partial charge in [0.15, 0.2) is 0 Å². The second-order valence-corrected chi connectivity index (χ2v) is 14.9. The molecule has 1 heteroatoms. The molecule has 0 saturated carbocycles. The molecule has 1 aliphatic rings. The molecule has 0 spiro atoms. The smallest absolute Gasteiger partial charge is 0.0544 e. The van der Waals surface area contributed by atoms with E-state index >= 15 is 0 Å². The highest BCUT2D eigenvalue weighted by Crippen LogP contribution is 2.51. The van der Waals surface area contributed by atoms with Crippen molar-refractivity contribution in [1.29, 1.82) is 0 Å². The number of hydrogen-bond acceptors (Lipinski definition) is 0. The van der Waals surface area contributed by atoms with E-state index in [2.05, 4.69) is 194 Å². The van der Waals surface area contributed by atoms with Crippen molar-refractivity contribution >= 4 is 54.1 Å². The Hall–Kier alpha value is -6.44. The van der Waals surface area contributed by atoms with Crippen molar-refractivity contribution in [2.45, 2.75) is 19.3 Å². The van der Waals surface area contributed by atoms with Crippen molar-refractivity contribution in [2.75, 3.05) is 0 Å². The minimum absolute atomic E-state index is 0.0868. The highest BCUT2D eigenvalue weighted by atomic mass is 15.0. The Morgan fingerprint density at radius 2 is 0.885 bits per heavy atom. The summed E-state index contributed by atoms with van der Waals surface area (Å²) in [5, 5.41) is 10.4. The fraction of sp³-hybridized carbons (Fsp3) is 0.0588. The highest BCUT2D eigenvalue weighted by molar-refractivity contribution is 6.26. The van der Waals surface area contributed by atoms with Crippen LogP contribution in [0.25, 0.3) is 93.2 Å². The first kappa shape index (κ1) is 29.3. The van der Waals surface area contributed by atoms with E-state index in [0.29, 0.717) is 0 Å². The molecule has 52 heavy (non-hydrogen) atoms. The van der Waals surface area contributed by atoms with Gasteiger partial charge in [-0.25, -0.2) is 0 Å². The third-order valence-corrected chi connectivity index (χ3v) is 11.8. The lowest BCUT2D eigenvalue weighted by Gasteiger charge is -2.21. The van der Waals surface area contributed by atoms with Crippen LogP contribution in [-0.4, -0.2) is 4.57 Å². The lowest BCUT2D eigenvalue weighted by molar-refractivity contribution is 0.661. The summed E-state index contributed by atoms with van der Waals surface area (Å²) in [4.78, 5) is 0. The van der Waals surface area contributed by atoms with E-state index in [1.165, 1.54) is 104 Å². The third kappa shape index (κ3) is 4.11. The summed E-state index contributed by atoms with van der Waals surface area (Å²) in [6, 6.07) is 65.4. The van der Waals surface area contributed by atoms with Gasteiger partial charge in [0.1, 0.15) is 0 Å². The number of rotatable bonds is 3. The maximum absolute atomic E-state index is 2.49. The molecule has 0 N–H and O–H groups in total. The van der Waals surface area contributed by atoms with Crippen LogP contribution in [0.1, 0.15) is 25.0 Å². The minimum Gasteiger partial charge on any atom is -0.309 e. The van der Waals surface area contributed by atoms with Gasteiger partial charge in [-0.05, 0) is 119 Å². The fourth-order valence-corrected chi connectivity index (χ4v) is 9.21. The quantitative estimate of drug-likeness (QED) is 0.166. The summed E-state index contributed by atoms with van der Waals surface area (Å²) in [5.41, 5.74) is 13.9. The van der Waals surface area contributed by atoms with Gasteiger partial charge in [-0.2, -0.15) is 0 Å². The van der Waals surface area contributed by atoms with Gasteiger partial charge in [0.2, 0.25) is 0 Å². The van der Waals surface area contributed by atoms with Gasteiger partial charge in [0.25, 0.3) is 0 Å². The molecule has 0 amide bonds. The minimum atomic E-state index is -0.0868. The van der Waals surface area contributed by atoms with Crippen LogP contribution in [0.3, 0.4) is 0 Å². The monoisotopic (exact) mass is 661 g/mol. The molecular formula is C51H35N. The van der Waals surface area contributed by atoms with E-state index in [0.717, 1.165) is 0 Å². The Labute approximate surface area is 303 Å². The fourth-order valence-electron chi connectivity index (χ4n) is 9.21. The van der Waals surface area contributed by atoms with Crippen molar-refractivity contribution in [2.24, 2.45) is 0 Å². The van der Waals surface area contributed by atoms with Gasteiger partial charge < -0.3 is 4.57 Å². The van der Waals surface area contributed by atoms with E-state index in [4.69, 9.17) is 0 Å². The molecule has 10 aromatic rings. The Morgan fingerprint density at radius 3 is 1.63 bits per heavy atom. The molecule has 9 aromatic carbocycles. The summed E-state index contributed by atoms with van der Waals surface area (Å²) < 4.78 is 2.49. The lowest BCUT2D eigenvalue weighted by Crippen LogP contribution is -2.14. The lowest BCUT2D eigenvalue weighted by atomic mass is 9.82. The van der Waals surface area contributed by atoms with Gasteiger partial charge >= 0.3 is 0 Å². The van der Waals surface area contributed by atoms with Crippen molar-refractivity contribution in [3.05, 3.63) is 187 Å². The molecule has 0 bridgehead atoms. The highest BCUT2D eigenvalue weighted by Gasteiger charge is 2.36. The van der Waals surface area contributed by atoms with Crippen molar-refractivity contribution < 1.29 is 0 Å². The molecule has 0 fully saturated rings. The molecule has 0 atom stereocenters. The zero-order valence-corrected chi connectivity index (χ0v) is 29.2. The Kier molecular flexibility index (Phi) is 6.08. The summed E-state index contributed by atoms with van der Waals surface area (Å²) in [5.74, 6) is 0. The van der Waals surface area contributed by atoms with Gasteiger partial charge in [-0.15, -0.1) is 0 Å². The SMILES string of the molecule is CC1(C)c2ccccc2-c2cc3c4cc(-c5ccc6c7ccccc7c7ccccc7c6c5)ccc4n(-c4cccc(-c5ccccc5)c4)c3cc21. The number of aromatic nitrogens is 1. The van der Waals surface area contributed by atoms with Crippen LogP contribution < -0.4 is 0 Å². The maximum atomic E-state index is 2.49. The van der Waals surface area contributed by atoms with Gasteiger partial charge in [0, 0.05) is 21.9 Å². The van der Waals surface area contributed by atoms with Crippen LogP contribution in [0.4, 0.5) is 0 Å². The summed E-state index contributed by atoms with van der Waals surface area (Å²) in [6.07, 6.45) is 0. The van der Waals surface area contributed by atoms with E-state index in [9.17, 15) is 0 Å². The van der Waals surface area contributed by atoms with E-state index < -0.39 is 0 Å². The van der Waals surface area contributed by atoms with Crippen LogP contribution in [0, 0.1) is 0 Å². The van der Waals surface area contributed by atoms with Gasteiger partial charge in [-0.3, -0.25) is 0 Å². The molecule has 0 unspecified atom stereocenters. The molecular weight excluding hydrogens is 627 g/mol. The molecule has 1 aliphatic carbocycles. The Morgan fingerprint density at radius 1 is 0.327 bits per heavy atom. The number of fused-ring (bicyclic) bond motifs is 12. The standard InChI is InChI=1S/C51H35N/c1-51(2)47-22-11-10-21-42(47)44-30-46-45-29-35(34-23-25-41-39-19-7-6-17-37(39)38-18-8-9-20-40(38)43(41)28-34)24-26-49(45)52(50(46)31-48(44)51)36-16-12-15-33(27-36)32-13-4-3-5-14-32/h3-31H,1-2H3. The van der Waals surface area contributed by atoms with Crippen LogP contribution in [0.2, 0.25) is 0 Å². The predicted octanol–water partition coefficient (Wildman–Crippen LogP) is 13.9. The summed E-state index contributed by atoms with van der Waals surface area (Å²) in [7, 11) is 0. The van der Waals surface area contributed by atoms with E-state index in [-0.39, 0.29) is 5.41 Å². The van der Waals surface area contributed by atoms with Crippen LogP contribution in [0.5, 0.6) is 0 Å². The van der Waals surface area contributed by atoms with Crippen molar-refractivity contribution in [3.63, 3.8) is 0 Å². The zero-order chi connectivity index (χ0) is 34.6.